The molecule has 1 aromatic carbocycles. The third-order valence-electron chi connectivity index (χ3n) is 5.74. The fourth-order valence-electron chi connectivity index (χ4n) is 3.92. The van der Waals surface area contributed by atoms with Gasteiger partial charge in [0.1, 0.15) is 11.8 Å². The zero-order valence-corrected chi connectivity index (χ0v) is 17.9. The van der Waals surface area contributed by atoms with E-state index in [2.05, 4.69) is 44.9 Å². The van der Waals surface area contributed by atoms with Gasteiger partial charge >= 0.3 is 0 Å². The van der Waals surface area contributed by atoms with Gasteiger partial charge in [0.05, 0.1) is 23.9 Å². The Hall–Kier alpha value is -3.89. The zero-order valence-electron chi connectivity index (χ0n) is 17.9. The molecule has 1 aliphatic heterocycles. The summed E-state index contributed by atoms with van der Waals surface area (Å²) in [6.07, 6.45) is 6.66. The van der Waals surface area contributed by atoms with E-state index in [0.717, 1.165) is 53.9 Å². The van der Waals surface area contributed by atoms with E-state index < -0.39 is 0 Å². The van der Waals surface area contributed by atoms with E-state index >= 15 is 0 Å². The molecule has 7 heteroatoms. The lowest BCUT2D eigenvalue weighted by molar-refractivity contribution is 0.194. The molecule has 0 radical (unpaired) electrons. The molecule has 0 saturated heterocycles. The average Bonchev–Trinajstić information content (AvgIpc) is 3.22. The maximum Gasteiger partial charge on any atom is 0.237 e. The number of aromatic nitrogens is 3. The number of nitrogens with one attached hydrogen (secondary N) is 2. The third kappa shape index (κ3) is 4.13. The fourth-order valence-corrected chi connectivity index (χ4v) is 3.92. The number of anilines is 1. The summed E-state index contributed by atoms with van der Waals surface area (Å²) in [5.74, 6) is 0.632. The number of ether oxygens (including phenoxy) is 1. The number of benzene rings is 1. The first kappa shape index (κ1) is 20.0. The second kappa shape index (κ2) is 8.69. The van der Waals surface area contributed by atoms with Gasteiger partial charge in [-0.2, -0.15) is 5.26 Å². The fraction of sp³-hybridized carbons (Fsp3) is 0.240. The molecule has 160 valence electrons. The van der Waals surface area contributed by atoms with Gasteiger partial charge in [-0.15, -0.1) is 0 Å². The lowest BCUT2D eigenvalue weighted by Crippen LogP contribution is -2.40. The van der Waals surface area contributed by atoms with Gasteiger partial charge in [0.2, 0.25) is 5.88 Å². The van der Waals surface area contributed by atoms with Crippen LogP contribution in [-0.4, -0.2) is 40.3 Å². The van der Waals surface area contributed by atoms with Crippen LogP contribution in [0.5, 0.6) is 5.88 Å². The van der Waals surface area contributed by atoms with E-state index in [1.807, 2.05) is 54.5 Å². The molecule has 1 unspecified atom stereocenters. The maximum absolute atomic E-state index is 8.88. The van der Waals surface area contributed by atoms with Crippen LogP contribution in [0.25, 0.3) is 22.2 Å². The summed E-state index contributed by atoms with van der Waals surface area (Å²) in [7, 11) is 2.00. The van der Waals surface area contributed by atoms with Gasteiger partial charge in [-0.1, -0.05) is 12.1 Å². The molecule has 0 aliphatic carbocycles. The number of hydrogen-bond donors (Lipinski definition) is 2. The van der Waals surface area contributed by atoms with Crippen molar-refractivity contribution in [2.75, 3.05) is 25.0 Å². The molecule has 0 fully saturated rings. The van der Waals surface area contributed by atoms with Crippen LogP contribution < -0.4 is 15.4 Å². The molecule has 3 aromatic heterocycles. The van der Waals surface area contributed by atoms with Crippen LogP contribution in [0.15, 0.2) is 61.1 Å². The standard InChI is InChI=1S/C25H24N6O/c1-31-9-7-19-10-20(13-29-24(19)31)21-11-23-25(30-14-21)32-22(16-28-23)15-27-8-6-17-2-4-18(12-26)5-3-17/h2-5,7,9-11,13-14,22,27-28H,6,8,15-16H2,1H3. The monoisotopic (exact) mass is 424 g/mol. The van der Waals surface area contributed by atoms with E-state index in [4.69, 9.17) is 10.00 Å². The highest BCUT2D eigenvalue weighted by Gasteiger charge is 2.21. The molecule has 32 heavy (non-hydrogen) atoms. The lowest BCUT2D eigenvalue weighted by Gasteiger charge is -2.27. The Balaban J connectivity index is 1.17. The van der Waals surface area contributed by atoms with Gasteiger partial charge in [0.25, 0.3) is 0 Å². The molecule has 0 spiro atoms. The predicted octanol–water partition coefficient (Wildman–Crippen LogP) is 3.51. The Morgan fingerprint density at radius 3 is 2.81 bits per heavy atom. The minimum atomic E-state index is 0.0177. The van der Waals surface area contributed by atoms with Crippen LogP contribution in [0.2, 0.25) is 0 Å². The molecule has 0 amide bonds. The Morgan fingerprint density at radius 2 is 1.97 bits per heavy atom. The largest absolute Gasteiger partial charge is 0.470 e. The van der Waals surface area contributed by atoms with Crippen molar-refractivity contribution in [3.8, 4) is 23.1 Å². The van der Waals surface area contributed by atoms with Gasteiger partial charge in [-0.25, -0.2) is 9.97 Å². The molecule has 4 heterocycles. The average molecular weight is 425 g/mol. The van der Waals surface area contributed by atoms with Crippen LogP contribution in [0, 0.1) is 11.3 Å². The number of nitriles is 1. The van der Waals surface area contributed by atoms with E-state index in [9.17, 15) is 0 Å². The second-order valence-electron chi connectivity index (χ2n) is 8.02. The van der Waals surface area contributed by atoms with Crippen LogP contribution in [0.3, 0.4) is 0 Å². The van der Waals surface area contributed by atoms with Crippen LogP contribution in [-0.2, 0) is 13.5 Å². The van der Waals surface area contributed by atoms with Gasteiger partial charge < -0.3 is 19.9 Å². The number of hydrogen-bond acceptors (Lipinski definition) is 6. The Labute approximate surface area is 186 Å². The normalized spacial score (nSPS) is 14.9. The number of rotatable bonds is 6. The van der Waals surface area contributed by atoms with Crippen molar-refractivity contribution in [2.24, 2.45) is 7.05 Å². The van der Waals surface area contributed by atoms with Crippen LogP contribution in [0.4, 0.5) is 5.69 Å². The summed E-state index contributed by atoms with van der Waals surface area (Å²) >= 11 is 0. The van der Waals surface area contributed by atoms with Crippen molar-refractivity contribution in [1.29, 1.82) is 5.26 Å². The zero-order chi connectivity index (χ0) is 21.9. The lowest BCUT2D eigenvalue weighted by atomic mass is 10.1. The first-order chi connectivity index (χ1) is 15.7. The van der Waals surface area contributed by atoms with E-state index in [1.165, 1.54) is 5.56 Å². The first-order valence-corrected chi connectivity index (χ1v) is 10.7. The second-order valence-corrected chi connectivity index (χ2v) is 8.02. The van der Waals surface area contributed by atoms with E-state index in [1.54, 1.807) is 0 Å². The topological polar surface area (TPSA) is 87.8 Å². The number of aryl methyl sites for hydroxylation is 1. The molecule has 5 rings (SSSR count). The Bertz CT molecular complexity index is 1290. The summed E-state index contributed by atoms with van der Waals surface area (Å²) in [6.45, 7) is 2.30. The van der Waals surface area contributed by atoms with E-state index in [0.29, 0.717) is 11.4 Å². The highest BCUT2D eigenvalue weighted by atomic mass is 16.5. The first-order valence-electron chi connectivity index (χ1n) is 10.7. The molecule has 0 bridgehead atoms. The minimum absolute atomic E-state index is 0.0177. The summed E-state index contributed by atoms with van der Waals surface area (Å²) in [5.41, 5.74) is 5.82. The summed E-state index contributed by atoms with van der Waals surface area (Å²) in [5, 5.41) is 16.9. The van der Waals surface area contributed by atoms with Crippen molar-refractivity contribution < 1.29 is 4.74 Å². The van der Waals surface area contributed by atoms with Crippen molar-refractivity contribution in [3.05, 3.63) is 72.2 Å². The molecule has 0 saturated carbocycles. The quantitative estimate of drug-likeness (QED) is 0.461. The third-order valence-corrected chi connectivity index (χ3v) is 5.74. The number of pyridine rings is 2. The van der Waals surface area contributed by atoms with Crippen molar-refractivity contribution in [3.63, 3.8) is 0 Å². The SMILES string of the molecule is Cn1ccc2cc(-c3cnc4c(c3)NCC(CNCCc3ccc(C#N)cc3)O4)cnc21. The van der Waals surface area contributed by atoms with Crippen molar-refractivity contribution in [1.82, 2.24) is 19.9 Å². The molecule has 7 nitrogen and oxygen atoms in total. The Morgan fingerprint density at radius 1 is 1.16 bits per heavy atom. The molecule has 1 atom stereocenters. The van der Waals surface area contributed by atoms with E-state index in [-0.39, 0.29) is 6.10 Å². The van der Waals surface area contributed by atoms with Gasteiger partial charge in [-0.3, -0.25) is 0 Å². The highest BCUT2D eigenvalue weighted by molar-refractivity contribution is 5.82. The van der Waals surface area contributed by atoms with Gasteiger partial charge in [0.15, 0.2) is 0 Å². The minimum Gasteiger partial charge on any atom is -0.470 e. The van der Waals surface area contributed by atoms with Crippen LogP contribution >= 0.6 is 0 Å². The molecule has 4 aromatic rings. The molecule has 2 N–H and O–H groups in total. The van der Waals surface area contributed by atoms with Crippen LogP contribution in [0.1, 0.15) is 11.1 Å². The van der Waals surface area contributed by atoms with Gasteiger partial charge in [-0.05, 0) is 48.9 Å². The summed E-state index contributed by atoms with van der Waals surface area (Å²) in [4.78, 5) is 9.13. The highest BCUT2D eigenvalue weighted by Crippen LogP contribution is 2.32. The summed E-state index contributed by atoms with van der Waals surface area (Å²) < 4.78 is 8.10. The predicted molar refractivity (Wildman–Crippen MR) is 125 cm³/mol. The Kier molecular flexibility index (Phi) is 5.44. The molecular weight excluding hydrogens is 400 g/mol. The van der Waals surface area contributed by atoms with Gasteiger partial charge in [0, 0.05) is 48.7 Å². The maximum atomic E-state index is 8.88. The van der Waals surface area contributed by atoms with Crippen molar-refractivity contribution in [2.45, 2.75) is 12.5 Å². The molecular formula is C25H24N6O. The summed E-state index contributed by atoms with van der Waals surface area (Å²) in [6, 6.07) is 16.1. The number of fused-ring (bicyclic) bond motifs is 2. The van der Waals surface area contributed by atoms with Crippen molar-refractivity contribution >= 4 is 16.7 Å². The smallest absolute Gasteiger partial charge is 0.237 e. The number of nitrogens with zero attached hydrogens (tertiary/aromatic N) is 4. The molecule has 1 aliphatic rings.